The number of fused-ring (bicyclic) bond motifs is 2. The topological polar surface area (TPSA) is 35.5 Å². The van der Waals surface area contributed by atoms with Gasteiger partial charge in [0.25, 0.3) is 0 Å². The van der Waals surface area contributed by atoms with Crippen LogP contribution in [-0.2, 0) is 14.3 Å². The number of hydrogen-bond acceptors (Lipinski definition) is 3. The number of Topliss-reactive ketones (excluding diaryl/α,β-unsaturated/α-hetero) is 1. The van der Waals surface area contributed by atoms with Crippen molar-refractivity contribution < 1.29 is 14.3 Å². The highest BCUT2D eigenvalue weighted by molar-refractivity contribution is 5.86. The zero-order valence-corrected chi connectivity index (χ0v) is 11.0. The summed E-state index contributed by atoms with van der Waals surface area (Å²) < 4.78 is 11.8. The van der Waals surface area contributed by atoms with Crippen LogP contribution in [0.4, 0.5) is 0 Å². The van der Waals surface area contributed by atoms with Gasteiger partial charge in [0.05, 0.1) is 19.1 Å². The van der Waals surface area contributed by atoms with Crippen LogP contribution in [-0.4, -0.2) is 24.8 Å². The normalized spacial score (nSPS) is 43.9. The summed E-state index contributed by atoms with van der Waals surface area (Å²) in [7, 11) is 0. The third-order valence-electron chi connectivity index (χ3n) is 5.26. The molecule has 17 heavy (non-hydrogen) atoms. The molecule has 3 heteroatoms. The second-order valence-electron chi connectivity index (χ2n) is 6.47. The largest absolute Gasteiger partial charge is 0.347 e. The van der Waals surface area contributed by atoms with Crippen molar-refractivity contribution >= 4 is 5.78 Å². The summed E-state index contributed by atoms with van der Waals surface area (Å²) in [6, 6.07) is 0. The van der Waals surface area contributed by atoms with Gasteiger partial charge in [-0.2, -0.15) is 0 Å². The first-order chi connectivity index (χ1) is 8.00. The van der Waals surface area contributed by atoms with Gasteiger partial charge in [-0.25, -0.2) is 0 Å². The van der Waals surface area contributed by atoms with Crippen LogP contribution in [0.25, 0.3) is 0 Å². The van der Waals surface area contributed by atoms with Crippen molar-refractivity contribution in [1.82, 2.24) is 0 Å². The van der Waals surface area contributed by atoms with Gasteiger partial charge in [0.15, 0.2) is 5.79 Å². The van der Waals surface area contributed by atoms with E-state index >= 15 is 0 Å². The first-order valence-electron chi connectivity index (χ1n) is 6.80. The average Bonchev–Trinajstić information content (AvgIpc) is 2.88. The molecule has 1 saturated heterocycles. The number of carbonyl (C=O) groups is 1. The molecule has 0 radical (unpaired) electrons. The van der Waals surface area contributed by atoms with E-state index in [4.69, 9.17) is 9.47 Å². The number of ketones is 1. The molecule has 1 aliphatic heterocycles. The predicted molar refractivity (Wildman–Crippen MR) is 63.4 cm³/mol. The number of rotatable bonds is 1. The summed E-state index contributed by atoms with van der Waals surface area (Å²) in [5.74, 6) is 0.886. The Labute approximate surface area is 103 Å². The third-order valence-corrected chi connectivity index (χ3v) is 5.26. The van der Waals surface area contributed by atoms with Crippen molar-refractivity contribution in [2.24, 2.45) is 23.2 Å². The molecule has 3 fully saturated rings. The summed E-state index contributed by atoms with van der Waals surface area (Å²) >= 11 is 0. The molecule has 3 nitrogen and oxygen atoms in total. The first kappa shape index (κ1) is 11.7. The standard InChI is InChI=1S/C14H22O3/c1-9(2)10-8-14(16-6-7-17-14)12-11(15)4-5-13(10,12)3/h9-10,12H,4-8H2,1-3H3/t10-,12?,13-/m1/s1. The van der Waals surface area contributed by atoms with Crippen molar-refractivity contribution in [1.29, 1.82) is 0 Å². The van der Waals surface area contributed by atoms with Crippen molar-refractivity contribution in [2.75, 3.05) is 13.2 Å². The molecule has 3 rings (SSSR count). The lowest BCUT2D eigenvalue weighted by molar-refractivity contribution is -0.190. The highest BCUT2D eigenvalue weighted by Gasteiger charge is 2.68. The van der Waals surface area contributed by atoms with Crippen LogP contribution in [0.2, 0.25) is 0 Å². The van der Waals surface area contributed by atoms with Crippen LogP contribution < -0.4 is 0 Å². The Morgan fingerprint density at radius 3 is 2.53 bits per heavy atom. The zero-order chi connectivity index (χ0) is 12.3. The summed E-state index contributed by atoms with van der Waals surface area (Å²) in [5.41, 5.74) is 0.0928. The molecule has 0 aromatic heterocycles. The number of ether oxygens (including phenoxy) is 2. The summed E-state index contributed by atoms with van der Waals surface area (Å²) in [6.45, 7) is 8.07. The molecule has 0 bridgehead atoms. The van der Waals surface area contributed by atoms with Gasteiger partial charge in [0.2, 0.25) is 0 Å². The SMILES string of the molecule is CC(C)[C@H]1CC2(OCCO2)C2C(=O)CC[C@@]21C. The van der Waals surface area contributed by atoms with Crippen LogP contribution in [0.1, 0.15) is 40.0 Å². The summed E-state index contributed by atoms with van der Waals surface area (Å²) in [5, 5.41) is 0. The van der Waals surface area contributed by atoms with Gasteiger partial charge in [-0.05, 0) is 23.7 Å². The Kier molecular flexibility index (Phi) is 2.43. The average molecular weight is 238 g/mol. The maximum atomic E-state index is 12.2. The lowest BCUT2D eigenvalue weighted by Crippen LogP contribution is -2.41. The number of carbonyl (C=O) groups excluding carboxylic acids is 1. The van der Waals surface area contributed by atoms with E-state index in [0.29, 0.717) is 37.3 Å². The molecule has 3 atom stereocenters. The Hall–Kier alpha value is -0.410. The van der Waals surface area contributed by atoms with Gasteiger partial charge in [0.1, 0.15) is 5.78 Å². The third kappa shape index (κ3) is 1.39. The van der Waals surface area contributed by atoms with E-state index in [2.05, 4.69) is 20.8 Å². The highest BCUT2D eigenvalue weighted by Crippen LogP contribution is 2.63. The van der Waals surface area contributed by atoms with Crippen LogP contribution in [0.15, 0.2) is 0 Å². The molecule has 0 amide bonds. The minimum absolute atomic E-state index is 0.0232. The second kappa shape index (κ2) is 3.55. The molecule has 1 unspecified atom stereocenters. The van der Waals surface area contributed by atoms with Gasteiger partial charge in [0, 0.05) is 12.8 Å². The monoisotopic (exact) mass is 238 g/mol. The molecular formula is C14H22O3. The van der Waals surface area contributed by atoms with Crippen LogP contribution in [0.5, 0.6) is 0 Å². The van der Waals surface area contributed by atoms with E-state index < -0.39 is 5.79 Å². The minimum Gasteiger partial charge on any atom is -0.347 e. The van der Waals surface area contributed by atoms with Crippen LogP contribution in [0, 0.1) is 23.2 Å². The Morgan fingerprint density at radius 1 is 1.29 bits per heavy atom. The fourth-order valence-corrected chi connectivity index (χ4v) is 4.61. The molecule has 0 aromatic rings. The Bertz CT molecular complexity index is 341. The smallest absolute Gasteiger partial charge is 0.178 e. The van der Waals surface area contributed by atoms with E-state index in [1.165, 1.54) is 0 Å². The summed E-state index contributed by atoms with van der Waals surface area (Å²) in [4.78, 5) is 12.2. The minimum atomic E-state index is -0.572. The van der Waals surface area contributed by atoms with Crippen molar-refractivity contribution in [3.8, 4) is 0 Å². The summed E-state index contributed by atoms with van der Waals surface area (Å²) in [6.07, 6.45) is 2.62. The van der Waals surface area contributed by atoms with Crippen LogP contribution in [0.3, 0.4) is 0 Å². The Morgan fingerprint density at radius 2 is 1.94 bits per heavy atom. The lowest BCUT2D eigenvalue weighted by atomic mass is 9.71. The molecule has 2 aliphatic carbocycles. The van der Waals surface area contributed by atoms with Crippen LogP contribution >= 0.6 is 0 Å². The van der Waals surface area contributed by atoms with Gasteiger partial charge in [-0.15, -0.1) is 0 Å². The van der Waals surface area contributed by atoms with Gasteiger partial charge in [-0.3, -0.25) is 4.79 Å². The second-order valence-corrected chi connectivity index (χ2v) is 6.47. The van der Waals surface area contributed by atoms with Crippen molar-refractivity contribution in [3.63, 3.8) is 0 Å². The van der Waals surface area contributed by atoms with E-state index in [1.807, 2.05) is 0 Å². The maximum Gasteiger partial charge on any atom is 0.178 e. The quantitative estimate of drug-likeness (QED) is 0.703. The molecule has 3 aliphatic rings. The maximum absolute atomic E-state index is 12.2. The van der Waals surface area contributed by atoms with Gasteiger partial charge >= 0.3 is 0 Å². The molecule has 1 heterocycles. The molecule has 0 aromatic carbocycles. The van der Waals surface area contributed by atoms with Gasteiger partial charge in [-0.1, -0.05) is 20.8 Å². The molecule has 0 N–H and O–H groups in total. The zero-order valence-electron chi connectivity index (χ0n) is 11.0. The van der Waals surface area contributed by atoms with Gasteiger partial charge < -0.3 is 9.47 Å². The molecular weight excluding hydrogens is 216 g/mol. The van der Waals surface area contributed by atoms with E-state index in [-0.39, 0.29) is 11.3 Å². The van der Waals surface area contributed by atoms with Crippen molar-refractivity contribution in [2.45, 2.75) is 45.8 Å². The van der Waals surface area contributed by atoms with E-state index in [9.17, 15) is 4.79 Å². The van der Waals surface area contributed by atoms with Crippen molar-refractivity contribution in [3.05, 3.63) is 0 Å². The highest BCUT2D eigenvalue weighted by atomic mass is 16.7. The molecule has 1 spiro atoms. The number of hydrogen-bond donors (Lipinski definition) is 0. The Balaban J connectivity index is 2.02. The lowest BCUT2D eigenvalue weighted by Gasteiger charge is -2.34. The fourth-order valence-electron chi connectivity index (χ4n) is 4.61. The molecule has 2 saturated carbocycles. The molecule has 96 valence electrons. The first-order valence-corrected chi connectivity index (χ1v) is 6.80. The predicted octanol–water partition coefficient (Wildman–Crippen LogP) is 2.39. The fraction of sp³-hybridized carbons (Fsp3) is 0.929. The van der Waals surface area contributed by atoms with E-state index in [1.54, 1.807) is 0 Å². The van der Waals surface area contributed by atoms with E-state index in [0.717, 1.165) is 12.8 Å².